The number of imide groups is 1. The molecule has 0 radical (unpaired) electrons. The first-order chi connectivity index (χ1) is 14.7. The molecule has 1 N–H and O–H groups in total. The molecule has 1 aromatic heterocycles. The molecule has 9 heteroatoms. The van der Waals surface area contributed by atoms with Gasteiger partial charge in [-0.3, -0.25) is 14.5 Å². The summed E-state index contributed by atoms with van der Waals surface area (Å²) < 4.78 is 39.5. The van der Waals surface area contributed by atoms with Crippen LogP contribution in [0.15, 0.2) is 30.3 Å². The van der Waals surface area contributed by atoms with Crippen LogP contribution in [0.25, 0.3) is 0 Å². The largest absolute Gasteiger partial charge is 0.406 e. The average molecular weight is 449 g/mol. The van der Waals surface area contributed by atoms with Gasteiger partial charge in [0.15, 0.2) is 5.78 Å². The molecule has 1 aliphatic rings. The molecular formula is C23H26F3N3O3. The summed E-state index contributed by atoms with van der Waals surface area (Å²) >= 11 is 0. The maximum absolute atomic E-state index is 13.1. The Balaban J connectivity index is 1.83. The number of nitrogens with one attached hydrogen (secondary N) is 1. The quantitative estimate of drug-likeness (QED) is 0.524. The fourth-order valence-electron chi connectivity index (χ4n) is 3.97. The summed E-state index contributed by atoms with van der Waals surface area (Å²) in [5, 5.41) is 2.65. The zero-order valence-electron chi connectivity index (χ0n) is 18.6. The topological polar surface area (TPSA) is 71.4 Å². The molecular weight excluding hydrogens is 423 g/mol. The van der Waals surface area contributed by atoms with Crippen LogP contribution in [0.1, 0.15) is 59.6 Å². The molecule has 1 aliphatic heterocycles. The SMILES string of the molecule is Cc1cc(C(=O)CN2C(=O)NC(C)(c3ccc(C(C)C)cc3)C2=O)c(C)n1CC(F)(F)F. The van der Waals surface area contributed by atoms with Gasteiger partial charge in [-0.1, -0.05) is 38.1 Å². The third kappa shape index (κ3) is 4.28. The Hall–Kier alpha value is -3.10. The van der Waals surface area contributed by atoms with Crippen LogP contribution in [-0.4, -0.2) is 39.9 Å². The van der Waals surface area contributed by atoms with Gasteiger partial charge in [-0.05, 0) is 43.9 Å². The lowest BCUT2D eigenvalue weighted by Gasteiger charge is -2.22. The van der Waals surface area contributed by atoms with E-state index in [2.05, 4.69) is 5.32 Å². The van der Waals surface area contributed by atoms with Crippen LogP contribution in [0, 0.1) is 13.8 Å². The summed E-state index contributed by atoms with van der Waals surface area (Å²) in [6.07, 6.45) is -4.44. The number of nitrogens with zero attached hydrogens (tertiary/aromatic N) is 2. The summed E-state index contributed by atoms with van der Waals surface area (Å²) in [5.41, 5.74) is 0.801. The lowest BCUT2D eigenvalue weighted by molar-refractivity contribution is -0.141. The lowest BCUT2D eigenvalue weighted by atomic mass is 9.90. The molecule has 0 aliphatic carbocycles. The highest BCUT2D eigenvalue weighted by Gasteiger charge is 2.49. The maximum Gasteiger partial charge on any atom is 0.406 e. The predicted molar refractivity (Wildman–Crippen MR) is 112 cm³/mol. The van der Waals surface area contributed by atoms with Gasteiger partial charge >= 0.3 is 12.2 Å². The van der Waals surface area contributed by atoms with E-state index in [0.29, 0.717) is 11.5 Å². The van der Waals surface area contributed by atoms with E-state index in [9.17, 15) is 27.6 Å². The van der Waals surface area contributed by atoms with Crippen molar-refractivity contribution in [3.8, 4) is 0 Å². The number of benzene rings is 1. The second kappa shape index (κ2) is 8.11. The third-order valence-electron chi connectivity index (χ3n) is 5.94. The molecule has 0 saturated carbocycles. The van der Waals surface area contributed by atoms with Crippen LogP contribution in [-0.2, 0) is 16.9 Å². The number of ketones is 1. The fraction of sp³-hybridized carbons (Fsp3) is 0.435. The Morgan fingerprint density at radius 3 is 2.25 bits per heavy atom. The van der Waals surface area contributed by atoms with Crippen LogP contribution in [0.5, 0.6) is 0 Å². The van der Waals surface area contributed by atoms with E-state index in [1.165, 1.54) is 19.9 Å². The van der Waals surface area contributed by atoms with Crippen LogP contribution in [0.2, 0.25) is 0 Å². The average Bonchev–Trinajstić information content (AvgIpc) is 3.09. The number of halogens is 3. The molecule has 2 aromatic rings. The van der Waals surface area contributed by atoms with Gasteiger partial charge in [0, 0.05) is 17.0 Å². The van der Waals surface area contributed by atoms with Crippen molar-refractivity contribution in [3.63, 3.8) is 0 Å². The molecule has 1 atom stereocenters. The number of aryl methyl sites for hydroxylation is 1. The van der Waals surface area contributed by atoms with Crippen LogP contribution in [0.3, 0.4) is 0 Å². The van der Waals surface area contributed by atoms with Crippen molar-refractivity contribution in [1.29, 1.82) is 0 Å². The van der Waals surface area contributed by atoms with Crippen LogP contribution >= 0.6 is 0 Å². The number of aromatic nitrogens is 1. The highest BCUT2D eigenvalue weighted by Crippen LogP contribution is 2.30. The first-order valence-electron chi connectivity index (χ1n) is 10.3. The van der Waals surface area contributed by atoms with E-state index >= 15 is 0 Å². The van der Waals surface area contributed by atoms with Crippen LogP contribution < -0.4 is 5.32 Å². The predicted octanol–water partition coefficient (Wildman–Crippen LogP) is 4.44. The Morgan fingerprint density at radius 2 is 1.72 bits per heavy atom. The molecule has 3 amide bonds. The van der Waals surface area contributed by atoms with Crippen molar-refractivity contribution in [2.24, 2.45) is 0 Å². The van der Waals surface area contributed by atoms with Gasteiger partial charge in [-0.15, -0.1) is 0 Å². The summed E-state index contributed by atoms with van der Waals surface area (Å²) in [6, 6.07) is 7.93. The van der Waals surface area contributed by atoms with E-state index in [1.807, 2.05) is 26.0 Å². The minimum atomic E-state index is -4.44. The first-order valence-corrected chi connectivity index (χ1v) is 10.3. The second-order valence-corrected chi connectivity index (χ2v) is 8.63. The number of carbonyl (C=O) groups is 3. The zero-order chi connectivity index (χ0) is 24.0. The van der Waals surface area contributed by atoms with Gasteiger partial charge in [0.2, 0.25) is 0 Å². The number of hydrogen-bond acceptors (Lipinski definition) is 3. The lowest BCUT2D eigenvalue weighted by Crippen LogP contribution is -2.41. The maximum atomic E-state index is 13.1. The molecule has 172 valence electrons. The van der Waals surface area contributed by atoms with Crippen molar-refractivity contribution in [3.05, 3.63) is 58.4 Å². The third-order valence-corrected chi connectivity index (χ3v) is 5.94. The summed E-state index contributed by atoms with van der Waals surface area (Å²) in [4.78, 5) is 39.3. The van der Waals surface area contributed by atoms with E-state index in [-0.39, 0.29) is 17.0 Å². The Labute approximate surface area is 184 Å². The number of Topliss-reactive ketones (excluding diaryl/α,β-unsaturated/α-hetero) is 1. The monoisotopic (exact) mass is 449 g/mol. The summed E-state index contributed by atoms with van der Waals surface area (Å²) in [5.74, 6) is -0.886. The van der Waals surface area contributed by atoms with Crippen molar-refractivity contribution in [1.82, 2.24) is 14.8 Å². The fourth-order valence-corrected chi connectivity index (χ4v) is 3.97. The summed E-state index contributed by atoms with van der Waals surface area (Å²) in [7, 11) is 0. The molecule has 3 rings (SSSR count). The van der Waals surface area contributed by atoms with Crippen molar-refractivity contribution in [2.75, 3.05) is 6.54 Å². The molecule has 32 heavy (non-hydrogen) atoms. The van der Waals surface area contributed by atoms with Gasteiger partial charge < -0.3 is 9.88 Å². The smallest absolute Gasteiger partial charge is 0.339 e. The number of alkyl halides is 3. The van der Waals surface area contributed by atoms with E-state index in [1.54, 1.807) is 19.1 Å². The molecule has 6 nitrogen and oxygen atoms in total. The van der Waals surface area contributed by atoms with Crippen molar-refractivity contribution in [2.45, 2.75) is 58.8 Å². The highest BCUT2D eigenvalue weighted by molar-refractivity contribution is 6.11. The Bertz CT molecular complexity index is 1070. The molecule has 1 fully saturated rings. The number of amides is 3. The standard InChI is InChI=1S/C23H26F3N3O3/c1-13(2)16-6-8-17(9-7-16)22(5)20(31)28(21(32)27-22)11-19(30)18-10-14(3)29(15(18)4)12-23(24,25)26/h6-10,13H,11-12H2,1-5H3,(H,27,32). The van der Waals surface area contributed by atoms with E-state index in [0.717, 1.165) is 15.0 Å². The van der Waals surface area contributed by atoms with Gasteiger partial charge in [0.1, 0.15) is 12.1 Å². The van der Waals surface area contributed by atoms with Gasteiger partial charge in [0.05, 0.1) is 6.54 Å². The molecule has 2 heterocycles. The van der Waals surface area contributed by atoms with E-state index in [4.69, 9.17) is 0 Å². The first kappa shape index (κ1) is 23.6. The van der Waals surface area contributed by atoms with Crippen LogP contribution in [0.4, 0.5) is 18.0 Å². The Morgan fingerprint density at radius 1 is 1.12 bits per heavy atom. The normalized spacial score (nSPS) is 19.1. The molecule has 0 spiro atoms. The zero-order valence-corrected chi connectivity index (χ0v) is 18.6. The number of hydrogen-bond donors (Lipinski definition) is 1. The van der Waals surface area contributed by atoms with Crippen molar-refractivity contribution >= 4 is 17.7 Å². The molecule has 1 unspecified atom stereocenters. The second-order valence-electron chi connectivity index (χ2n) is 8.63. The van der Waals surface area contributed by atoms with Crippen molar-refractivity contribution < 1.29 is 27.6 Å². The number of rotatable bonds is 6. The molecule has 1 aromatic carbocycles. The number of carbonyl (C=O) groups excluding carboxylic acids is 3. The van der Waals surface area contributed by atoms with Gasteiger partial charge in [0.25, 0.3) is 5.91 Å². The Kier molecular flexibility index (Phi) is 5.97. The van der Waals surface area contributed by atoms with Gasteiger partial charge in [-0.25, -0.2) is 4.79 Å². The minimum Gasteiger partial charge on any atom is -0.339 e. The molecule has 0 bridgehead atoms. The minimum absolute atomic E-state index is 0.0576. The molecule has 1 saturated heterocycles. The summed E-state index contributed by atoms with van der Waals surface area (Å²) in [6.45, 7) is 6.76. The van der Waals surface area contributed by atoms with Gasteiger partial charge in [-0.2, -0.15) is 13.2 Å². The van der Waals surface area contributed by atoms with E-state index < -0.39 is 42.5 Å². The number of urea groups is 1. The highest BCUT2D eigenvalue weighted by atomic mass is 19.4.